The molecule has 1 rings (SSSR count). The van der Waals surface area contributed by atoms with E-state index in [0.717, 1.165) is 18.8 Å². The minimum absolute atomic E-state index is 0.485. The third-order valence-electron chi connectivity index (χ3n) is 2.80. The van der Waals surface area contributed by atoms with E-state index in [4.69, 9.17) is 10.5 Å². The van der Waals surface area contributed by atoms with Crippen LogP contribution in [0.3, 0.4) is 0 Å². The van der Waals surface area contributed by atoms with Gasteiger partial charge in [0, 0.05) is 0 Å². The average Bonchev–Trinajstić information content (AvgIpc) is 2.22. The van der Waals surface area contributed by atoms with Gasteiger partial charge in [0.2, 0.25) is 0 Å². The highest BCUT2D eigenvalue weighted by Gasteiger charge is 2.11. The zero-order valence-corrected chi connectivity index (χ0v) is 10.8. The Bertz CT molecular complexity index is 345. The standard InChI is InChI=1S/C14H23NO/c1-5-16-14-8-11(4)12(6-7-15)9-13(14)10(2)3/h8-10H,5-7,15H2,1-4H3. The molecule has 0 aliphatic rings. The monoisotopic (exact) mass is 221 g/mol. The molecule has 0 atom stereocenters. The lowest BCUT2D eigenvalue weighted by Crippen LogP contribution is -2.06. The van der Waals surface area contributed by atoms with E-state index in [0.29, 0.717) is 12.5 Å². The second-order valence-corrected chi connectivity index (χ2v) is 4.44. The largest absolute Gasteiger partial charge is 0.494 e. The summed E-state index contributed by atoms with van der Waals surface area (Å²) in [6.07, 6.45) is 0.942. The van der Waals surface area contributed by atoms with Crippen LogP contribution in [0, 0.1) is 6.92 Å². The van der Waals surface area contributed by atoms with Crippen molar-refractivity contribution < 1.29 is 4.74 Å². The number of rotatable bonds is 5. The van der Waals surface area contributed by atoms with Crippen molar-refractivity contribution in [3.05, 3.63) is 28.8 Å². The van der Waals surface area contributed by atoms with E-state index >= 15 is 0 Å². The molecule has 2 nitrogen and oxygen atoms in total. The summed E-state index contributed by atoms with van der Waals surface area (Å²) in [5.74, 6) is 1.51. The zero-order valence-electron chi connectivity index (χ0n) is 10.8. The molecule has 90 valence electrons. The Kier molecular flexibility index (Phi) is 4.81. The highest BCUT2D eigenvalue weighted by molar-refractivity contribution is 5.44. The van der Waals surface area contributed by atoms with Crippen LogP contribution in [0.15, 0.2) is 12.1 Å². The number of hydrogen-bond acceptors (Lipinski definition) is 2. The van der Waals surface area contributed by atoms with Crippen LogP contribution in [-0.4, -0.2) is 13.2 Å². The summed E-state index contributed by atoms with van der Waals surface area (Å²) >= 11 is 0. The van der Waals surface area contributed by atoms with Crippen LogP contribution in [0.1, 0.15) is 43.4 Å². The summed E-state index contributed by atoms with van der Waals surface area (Å²) in [6, 6.07) is 4.39. The Morgan fingerprint density at radius 3 is 2.50 bits per heavy atom. The van der Waals surface area contributed by atoms with E-state index in [9.17, 15) is 0 Å². The van der Waals surface area contributed by atoms with Crippen molar-refractivity contribution in [2.24, 2.45) is 5.73 Å². The summed E-state index contributed by atoms with van der Waals surface area (Å²) in [7, 11) is 0. The molecule has 0 aliphatic carbocycles. The molecule has 0 spiro atoms. The van der Waals surface area contributed by atoms with E-state index in [2.05, 4.69) is 32.9 Å². The summed E-state index contributed by atoms with van der Waals surface area (Å²) < 4.78 is 5.68. The maximum atomic E-state index is 5.68. The average molecular weight is 221 g/mol. The minimum Gasteiger partial charge on any atom is -0.494 e. The van der Waals surface area contributed by atoms with Crippen LogP contribution >= 0.6 is 0 Å². The van der Waals surface area contributed by atoms with E-state index in [1.54, 1.807) is 0 Å². The van der Waals surface area contributed by atoms with Crippen molar-refractivity contribution in [3.8, 4) is 5.75 Å². The maximum Gasteiger partial charge on any atom is 0.123 e. The predicted molar refractivity (Wildman–Crippen MR) is 69.2 cm³/mol. The summed E-state index contributed by atoms with van der Waals surface area (Å²) in [6.45, 7) is 9.95. The van der Waals surface area contributed by atoms with Gasteiger partial charge in [-0.05, 0) is 55.5 Å². The van der Waals surface area contributed by atoms with Gasteiger partial charge in [0.1, 0.15) is 5.75 Å². The Morgan fingerprint density at radius 2 is 2.00 bits per heavy atom. The zero-order chi connectivity index (χ0) is 12.1. The molecule has 0 unspecified atom stereocenters. The lowest BCUT2D eigenvalue weighted by atomic mass is 9.95. The molecule has 2 heteroatoms. The number of aryl methyl sites for hydroxylation is 1. The second-order valence-electron chi connectivity index (χ2n) is 4.44. The van der Waals surface area contributed by atoms with Gasteiger partial charge in [0.15, 0.2) is 0 Å². The first-order valence-corrected chi connectivity index (χ1v) is 6.06. The smallest absolute Gasteiger partial charge is 0.123 e. The fourth-order valence-electron chi connectivity index (χ4n) is 1.90. The van der Waals surface area contributed by atoms with Crippen LogP contribution in [0.25, 0.3) is 0 Å². The third kappa shape index (κ3) is 2.99. The molecule has 0 saturated carbocycles. The molecule has 2 N–H and O–H groups in total. The Labute approximate surface area is 98.8 Å². The quantitative estimate of drug-likeness (QED) is 0.829. The molecule has 0 saturated heterocycles. The molecule has 1 aromatic carbocycles. The molecule has 0 aromatic heterocycles. The van der Waals surface area contributed by atoms with Crippen LogP contribution < -0.4 is 10.5 Å². The Morgan fingerprint density at radius 1 is 1.31 bits per heavy atom. The predicted octanol–water partition coefficient (Wildman–Crippen LogP) is 3.02. The van der Waals surface area contributed by atoms with Gasteiger partial charge in [-0.2, -0.15) is 0 Å². The lowest BCUT2D eigenvalue weighted by molar-refractivity contribution is 0.335. The van der Waals surface area contributed by atoms with Gasteiger partial charge >= 0.3 is 0 Å². The van der Waals surface area contributed by atoms with E-state index in [1.165, 1.54) is 16.7 Å². The highest BCUT2D eigenvalue weighted by Crippen LogP contribution is 2.30. The Balaban J connectivity index is 3.14. The minimum atomic E-state index is 0.485. The summed E-state index contributed by atoms with van der Waals surface area (Å²) in [4.78, 5) is 0. The van der Waals surface area contributed by atoms with Gasteiger partial charge in [-0.25, -0.2) is 0 Å². The fourth-order valence-corrected chi connectivity index (χ4v) is 1.90. The normalized spacial score (nSPS) is 10.9. The van der Waals surface area contributed by atoms with Crippen molar-refractivity contribution in [2.75, 3.05) is 13.2 Å². The van der Waals surface area contributed by atoms with Crippen LogP contribution in [0.2, 0.25) is 0 Å². The van der Waals surface area contributed by atoms with Crippen molar-refractivity contribution in [2.45, 2.75) is 40.0 Å². The van der Waals surface area contributed by atoms with Gasteiger partial charge in [0.05, 0.1) is 6.61 Å². The van der Waals surface area contributed by atoms with Gasteiger partial charge in [-0.1, -0.05) is 19.9 Å². The van der Waals surface area contributed by atoms with Crippen molar-refractivity contribution >= 4 is 0 Å². The molecule has 1 aromatic rings. The van der Waals surface area contributed by atoms with Gasteiger partial charge in [-0.15, -0.1) is 0 Å². The molecular weight excluding hydrogens is 198 g/mol. The molecule has 16 heavy (non-hydrogen) atoms. The van der Waals surface area contributed by atoms with E-state index in [-0.39, 0.29) is 0 Å². The summed E-state index contributed by atoms with van der Waals surface area (Å²) in [5.41, 5.74) is 9.53. The van der Waals surface area contributed by atoms with Crippen molar-refractivity contribution in [1.29, 1.82) is 0 Å². The number of ether oxygens (including phenoxy) is 1. The SMILES string of the molecule is CCOc1cc(C)c(CCN)cc1C(C)C. The number of hydrogen-bond donors (Lipinski definition) is 1. The van der Waals surface area contributed by atoms with E-state index in [1.807, 2.05) is 6.92 Å². The molecule has 0 bridgehead atoms. The van der Waals surface area contributed by atoms with Crippen LogP contribution in [-0.2, 0) is 6.42 Å². The maximum absolute atomic E-state index is 5.68. The number of benzene rings is 1. The lowest BCUT2D eigenvalue weighted by Gasteiger charge is -2.16. The highest BCUT2D eigenvalue weighted by atomic mass is 16.5. The first-order valence-electron chi connectivity index (χ1n) is 6.06. The summed E-state index contributed by atoms with van der Waals surface area (Å²) in [5, 5.41) is 0. The van der Waals surface area contributed by atoms with Gasteiger partial charge < -0.3 is 10.5 Å². The Hall–Kier alpha value is -1.02. The van der Waals surface area contributed by atoms with Crippen LogP contribution in [0.4, 0.5) is 0 Å². The molecule has 0 aliphatic heterocycles. The molecule has 0 fully saturated rings. The fraction of sp³-hybridized carbons (Fsp3) is 0.571. The van der Waals surface area contributed by atoms with Crippen molar-refractivity contribution in [1.82, 2.24) is 0 Å². The molecular formula is C14H23NO. The molecule has 0 amide bonds. The van der Waals surface area contributed by atoms with Gasteiger partial charge in [0.25, 0.3) is 0 Å². The van der Waals surface area contributed by atoms with Gasteiger partial charge in [-0.3, -0.25) is 0 Å². The first-order chi connectivity index (χ1) is 7.60. The van der Waals surface area contributed by atoms with E-state index < -0.39 is 0 Å². The number of nitrogens with two attached hydrogens (primary N) is 1. The molecule has 0 radical (unpaired) electrons. The molecule has 0 heterocycles. The second kappa shape index (κ2) is 5.90. The van der Waals surface area contributed by atoms with Crippen molar-refractivity contribution in [3.63, 3.8) is 0 Å². The topological polar surface area (TPSA) is 35.2 Å². The third-order valence-corrected chi connectivity index (χ3v) is 2.80. The first kappa shape index (κ1) is 13.0. The van der Waals surface area contributed by atoms with Crippen LogP contribution in [0.5, 0.6) is 5.75 Å².